The van der Waals surface area contributed by atoms with Gasteiger partial charge in [0, 0.05) is 23.6 Å². The van der Waals surface area contributed by atoms with E-state index in [0.717, 1.165) is 10.5 Å². The molecule has 1 N–H and O–H groups in total. The fourth-order valence-corrected chi connectivity index (χ4v) is 4.51. The van der Waals surface area contributed by atoms with Crippen molar-refractivity contribution in [1.82, 2.24) is 4.98 Å². The number of thioether (sulfide) groups is 1. The smallest absolute Gasteiger partial charge is 0.309 e. The molecule has 6 nitrogen and oxygen atoms in total. The number of esters is 1. The summed E-state index contributed by atoms with van der Waals surface area (Å²) in [5, 5.41) is 9.87. The first kappa shape index (κ1) is 25.2. The minimum atomic E-state index is -0.766. The van der Waals surface area contributed by atoms with Crippen molar-refractivity contribution in [3.8, 4) is 11.5 Å². The Morgan fingerprint density at radius 3 is 2.38 bits per heavy atom. The number of pyridine rings is 1. The summed E-state index contributed by atoms with van der Waals surface area (Å²) in [6.45, 7) is 3.35. The highest BCUT2D eigenvalue weighted by atomic mass is 32.2. The van der Waals surface area contributed by atoms with Gasteiger partial charge in [-0.15, -0.1) is 11.8 Å². The molecule has 0 unspecified atom stereocenters. The van der Waals surface area contributed by atoms with E-state index in [4.69, 9.17) is 9.47 Å². The number of ether oxygens (including phenoxy) is 2. The highest BCUT2D eigenvalue weighted by Crippen LogP contribution is 2.39. The molecule has 0 bridgehead atoms. The summed E-state index contributed by atoms with van der Waals surface area (Å²) in [7, 11) is 1.37. The van der Waals surface area contributed by atoms with Crippen molar-refractivity contribution in [2.75, 3.05) is 7.11 Å². The lowest BCUT2D eigenvalue weighted by atomic mass is 10.0. The second-order valence-corrected chi connectivity index (χ2v) is 9.00. The second kappa shape index (κ2) is 11.7. The van der Waals surface area contributed by atoms with Crippen LogP contribution in [0.5, 0.6) is 11.5 Å². The first-order valence-electron chi connectivity index (χ1n) is 10.7. The van der Waals surface area contributed by atoms with Crippen molar-refractivity contribution >= 4 is 23.5 Å². The van der Waals surface area contributed by atoms with Gasteiger partial charge in [-0.3, -0.25) is 9.59 Å². The molecule has 0 aliphatic rings. The summed E-state index contributed by atoms with van der Waals surface area (Å²) in [5.74, 6) is -2.40. The van der Waals surface area contributed by atoms with Crippen molar-refractivity contribution in [3.05, 3.63) is 83.9 Å². The summed E-state index contributed by atoms with van der Waals surface area (Å²) < 4.78 is 24.2. The Balaban J connectivity index is 1.71. The van der Waals surface area contributed by atoms with Crippen LogP contribution in [-0.2, 0) is 9.53 Å². The van der Waals surface area contributed by atoms with E-state index in [-0.39, 0.29) is 34.7 Å². The zero-order valence-electron chi connectivity index (χ0n) is 19.1. The summed E-state index contributed by atoms with van der Waals surface area (Å²) in [5.41, 5.74) is 0.653. The number of aromatic nitrogens is 1. The number of Topliss-reactive ketones (excluding diaryl/α,β-unsaturated/α-hetero) is 1. The zero-order chi connectivity index (χ0) is 24.7. The second-order valence-electron chi connectivity index (χ2n) is 7.78. The third-order valence-corrected chi connectivity index (χ3v) is 6.65. The number of hydrogen-bond acceptors (Lipinski definition) is 7. The average molecular weight is 484 g/mol. The number of aromatic hydroxyl groups is 1. The number of halogens is 1. The van der Waals surface area contributed by atoms with Gasteiger partial charge in [0.1, 0.15) is 11.9 Å². The Kier molecular flexibility index (Phi) is 8.65. The lowest BCUT2D eigenvalue weighted by Crippen LogP contribution is -2.26. The maximum absolute atomic E-state index is 13.5. The topological polar surface area (TPSA) is 85.7 Å². The Morgan fingerprint density at radius 2 is 1.74 bits per heavy atom. The Bertz CT molecular complexity index is 1120. The lowest BCUT2D eigenvalue weighted by molar-refractivity contribution is -0.152. The fraction of sp³-hybridized carbons (Fsp3) is 0.269. The summed E-state index contributed by atoms with van der Waals surface area (Å²) in [6, 6.07) is 17.2. The van der Waals surface area contributed by atoms with E-state index in [9.17, 15) is 19.1 Å². The van der Waals surface area contributed by atoms with Gasteiger partial charge >= 0.3 is 5.97 Å². The minimum absolute atomic E-state index is 0.127. The van der Waals surface area contributed by atoms with Crippen molar-refractivity contribution in [2.45, 2.75) is 36.5 Å². The van der Waals surface area contributed by atoms with E-state index in [1.54, 1.807) is 26.0 Å². The van der Waals surface area contributed by atoms with Crippen molar-refractivity contribution in [3.63, 3.8) is 0 Å². The highest BCUT2D eigenvalue weighted by Gasteiger charge is 2.28. The molecule has 0 amide bonds. The van der Waals surface area contributed by atoms with E-state index < -0.39 is 23.8 Å². The minimum Gasteiger partial charge on any atom is -0.503 e. The molecule has 178 valence electrons. The van der Waals surface area contributed by atoms with Gasteiger partial charge in [0.05, 0.1) is 18.3 Å². The van der Waals surface area contributed by atoms with Crippen LogP contribution in [0.25, 0.3) is 0 Å². The first-order chi connectivity index (χ1) is 16.3. The Hall–Kier alpha value is -3.39. The first-order valence-corrected chi connectivity index (χ1v) is 11.6. The van der Waals surface area contributed by atoms with Gasteiger partial charge in [-0.2, -0.15) is 0 Å². The molecular formula is C26H26FNO5S. The summed E-state index contributed by atoms with van der Waals surface area (Å²) in [4.78, 5) is 30.3. The maximum Gasteiger partial charge on any atom is 0.309 e. The molecule has 1 aromatic heterocycles. The van der Waals surface area contributed by atoms with Crippen molar-refractivity contribution in [2.24, 2.45) is 5.92 Å². The van der Waals surface area contributed by atoms with E-state index in [2.05, 4.69) is 4.98 Å². The number of hydrogen-bond donors (Lipinski definition) is 1. The monoisotopic (exact) mass is 483 g/mol. The summed E-state index contributed by atoms with van der Waals surface area (Å²) in [6.07, 6.45) is 0.598. The van der Waals surface area contributed by atoms with Gasteiger partial charge < -0.3 is 14.6 Å². The van der Waals surface area contributed by atoms with Crippen molar-refractivity contribution < 1.29 is 28.6 Å². The van der Waals surface area contributed by atoms with Gasteiger partial charge in [-0.25, -0.2) is 9.37 Å². The maximum atomic E-state index is 13.5. The van der Waals surface area contributed by atoms with Gasteiger partial charge in [0.15, 0.2) is 23.0 Å². The molecule has 1 heterocycles. The molecule has 3 rings (SSSR count). The van der Waals surface area contributed by atoms with Gasteiger partial charge in [0.25, 0.3) is 0 Å². The molecule has 8 heteroatoms. The van der Waals surface area contributed by atoms with Crippen LogP contribution in [-0.4, -0.2) is 35.1 Å². The standard InChI is InChI=1S/C26H26FNO5S/c1-16(15-21(29)23-24(30)22(32-3)13-14-28-23)26(31)33-17(2)25(18-9-11-19(27)12-10-18)34-20-7-5-4-6-8-20/h4-14,16-17,25,30H,15H2,1-3H3/t16-,17+,25+/m1/s1. The molecule has 0 aliphatic heterocycles. The molecular weight excluding hydrogens is 457 g/mol. The number of nitrogens with zero attached hydrogens (tertiary/aromatic N) is 1. The highest BCUT2D eigenvalue weighted by molar-refractivity contribution is 7.99. The van der Waals surface area contributed by atoms with Crippen LogP contribution in [0.4, 0.5) is 4.39 Å². The number of benzene rings is 2. The van der Waals surface area contributed by atoms with Gasteiger partial charge in [-0.1, -0.05) is 37.3 Å². The molecule has 0 saturated carbocycles. The van der Waals surface area contributed by atoms with Crippen LogP contribution in [0.1, 0.15) is 41.6 Å². The summed E-state index contributed by atoms with van der Waals surface area (Å²) >= 11 is 1.50. The molecule has 0 aliphatic carbocycles. The number of carbonyl (C=O) groups excluding carboxylic acids is 2. The van der Waals surface area contributed by atoms with Gasteiger partial charge in [0.2, 0.25) is 0 Å². The average Bonchev–Trinajstić information content (AvgIpc) is 2.83. The van der Waals surface area contributed by atoms with E-state index in [1.165, 1.54) is 43.3 Å². The quantitative estimate of drug-likeness (QED) is 0.228. The molecule has 34 heavy (non-hydrogen) atoms. The third-order valence-electron chi connectivity index (χ3n) is 5.20. The fourth-order valence-electron chi connectivity index (χ4n) is 3.36. The molecule has 0 saturated heterocycles. The Labute approximate surface area is 202 Å². The number of carbonyl (C=O) groups is 2. The number of methoxy groups -OCH3 is 1. The van der Waals surface area contributed by atoms with Crippen LogP contribution < -0.4 is 4.74 Å². The van der Waals surface area contributed by atoms with Gasteiger partial charge in [-0.05, 0) is 36.8 Å². The number of rotatable bonds is 10. The van der Waals surface area contributed by atoms with E-state index in [0.29, 0.717) is 0 Å². The predicted molar refractivity (Wildman–Crippen MR) is 128 cm³/mol. The van der Waals surface area contributed by atoms with E-state index in [1.807, 2.05) is 30.3 Å². The molecule has 3 atom stereocenters. The van der Waals surface area contributed by atoms with Crippen LogP contribution >= 0.6 is 11.8 Å². The molecule has 0 radical (unpaired) electrons. The Morgan fingerprint density at radius 1 is 1.06 bits per heavy atom. The van der Waals surface area contributed by atoms with Crippen molar-refractivity contribution in [1.29, 1.82) is 0 Å². The molecule has 3 aromatic rings. The normalized spacial score (nSPS) is 13.5. The predicted octanol–water partition coefficient (Wildman–Crippen LogP) is 5.61. The van der Waals surface area contributed by atoms with Crippen LogP contribution in [0.15, 0.2) is 71.8 Å². The molecule has 0 spiro atoms. The molecule has 2 aromatic carbocycles. The van der Waals surface area contributed by atoms with Crippen LogP contribution in [0.2, 0.25) is 0 Å². The van der Waals surface area contributed by atoms with E-state index >= 15 is 0 Å². The molecule has 0 fully saturated rings. The van der Waals surface area contributed by atoms with Crippen LogP contribution in [0, 0.1) is 11.7 Å². The van der Waals surface area contributed by atoms with Crippen LogP contribution in [0.3, 0.4) is 0 Å². The third kappa shape index (κ3) is 6.35. The zero-order valence-corrected chi connectivity index (χ0v) is 19.9. The number of ketones is 1. The lowest BCUT2D eigenvalue weighted by Gasteiger charge is -2.25. The SMILES string of the molecule is COc1ccnc(C(=O)C[C@@H](C)C(=O)O[C@@H](C)[C@H](Sc2ccccc2)c2ccc(F)cc2)c1O. The largest absolute Gasteiger partial charge is 0.503 e.